The molecule has 6 nitrogen and oxygen atoms in total. The van der Waals surface area contributed by atoms with E-state index >= 15 is 0 Å². The molecule has 0 spiro atoms. The number of rotatable bonds is 4. The van der Waals surface area contributed by atoms with E-state index in [0.717, 1.165) is 23.1 Å². The maximum atomic E-state index is 13.9. The minimum atomic E-state index is -0.946. The lowest BCUT2D eigenvalue weighted by atomic mass is 9.84. The van der Waals surface area contributed by atoms with E-state index < -0.39 is 53.4 Å². The lowest BCUT2D eigenvalue weighted by molar-refractivity contribution is -0.136. The number of benzene rings is 2. The number of nitriles is 1. The normalized spacial score (nSPS) is 20.5. The molecule has 2 aliphatic heterocycles. The summed E-state index contributed by atoms with van der Waals surface area (Å²) in [6.45, 7) is 2.86. The standard InChI is InChI=1S/C24H21F2N3O3/c1-24(2,13-27)20-8-7-19(14-9-15(25)11-16(26)10-14)29(20)21(30)12-28-22(31)17-5-3-4-6-18(17)23(28)32/h3-6,9-11,19-20H,7-8,12H2,1-2H3/t19-,20+/m0/s1. The molecule has 2 aromatic carbocycles. The zero-order chi connectivity index (χ0) is 23.2. The molecule has 8 heteroatoms. The molecule has 0 bridgehead atoms. The Morgan fingerprint density at radius 3 is 2.16 bits per heavy atom. The summed E-state index contributed by atoms with van der Waals surface area (Å²) in [6, 6.07) is 10.4. The Kier molecular flexibility index (Phi) is 5.29. The Bertz CT molecular complexity index is 1120. The van der Waals surface area contributed by atoms with Gasteiger partial charge in [0.25, 0.3) is 11.8 Å². The number of halogens is 2. The van der Waals surface area contributed by atoms with Gasteiger partial charge in [0.2, 0.25) is 5.91 Å². The highest BCUT2D eigenvalue weighted by Crippen LogP contribution is 2.43. The number of carbonyl (C=O) groups is 3. The minimum absolute atomic E-state index is 0.226. The minimum Gasteiger partial charge on any atom is -0.330 e. The van der Waals surface area contributed by atoms with E-state index in [1.54, 1.807) is 26.0 Å². The van der Waals surface area contributed by atoms with Crippen LogP contribution in [0, 0.1) is 28.4 Å². The Labute approximate surface area is 184 Å². The molecule has 0 aromatic heterocycles. The largest absolute Gasteiger partial charge is 0.330 e. The van der Waals surface area contributed by atoms with Crippen LogP contribution in [0.2, 0.25) is 0 Å². The second-order valence-corrected chi connectivity index (χ2v) is 8.69. The number of hydrogen-bond donors (Lipinski definition) is 0. The van der Waals surface area contributed by atoms with Crippen molar-refractivity contribution in [2.75, 3.05) is 6.54 Å². The fraction of sp³-hybridized carbons (Fsp3) is 0.333. The number of fused-ring (bicyclic) bond motifs is 1. The number of imide groups is 1. The van der Waals surface area contributed by atoms with Crippen molar-refractivity contribution in [3.63, 3.8) is 0 Å². The van der Waals surface area contributed by atoms with Crippen molar-refractivity contribution in [3.05, 3.63) is 70.8 Å². The third kappa shape index (κ3) is 3.54. The SMILES string of the molecule is CC(C)(C#N)[C@H]1CC[C@@H](c2cc(F)cc(F)c2)N1C(=O)CN1C(=O)c2ccccc2C1=O. The summed E-state index contributed by atoms with van der Waals surface area (Å²) in [6.07, 6.45) is 0.837. The molecule has 0 N–H and O–H groups in total. The second-order valence-electron chi connectivity index (χ2n) is 8.69. The Balaban J connectivity index is 1.68. The van der Waals surface area contributed by atoms with Crippen molar-refractivity contribution in [1.29, 1.82) is 5.26 Å². The lowest BCUT2D eigenvalue weighted by Gasteiger charge is -2.37. The van der Waals surface area contributed by atoms with E-state index in [4.69, 9.17) is 0 Å². The van der Waals surface area contributed by atoms with E-state index in [9.17, 15) is 28.4 Å². The topological polar surface area (TPSA) is 81.5 Å². The maximum Gasteiger partial charge on any atom is 0.262 e. The first-order chi connectivity index (χ1) is 15.1. The zero-order valence-electron chi connectivity index (χ0n) is 17.6. The van der Waals surface area contributed by atoms with Crippen LogP contribution in [-0.4, -0.2) is 40.1 Å². The monoisotopic (exact) mass is 437 g/mol. The molecular formula is C24H21F2N3O3. The highest BCUT2D eigenvalue weighted by molar-refractivity contribution is 6.22. The van der Waals surface area contributed by atoms with Gasteiger partial charge in [-0.05, 0) is 56.5 Å². The van der Waals surface area contributed by atoms with Crippen molar-refractivity contribution in [2.45, 2.75) is 38.8 Å². The predicted octanol–water partition coefficient (Wildman–Crippen LogP) is 3.84. The van der Waals surface area contributed by atoms with E-state index in [1.807, 2.05) is 0 Å². The van der Waals surface area contributed by atoms with Gasteiger partial charge in [0.1, 0.15) is 18.2 Å². The molecule has 2 aromatic rings. The molecule has 1 saturated heterocycles. The smallest absolute Gasteiger partial charge is 0.262 e. The molecule has 2 heterocycles. The first-order valence-electron chi connectivity index (χ1n) is 10.3. The highest BCUT2D eigenvalue weighted by atomic mass is 19.1. The Morgan fingerprint density at radius 2 is 1.62 bits per heavy atom. The summed E-state index contributed by atoms with van der Waals surface area (Å²) in [5.41, 5.74) is -0.221. The van der Waals surface area contributed by atoms with Gasteiger partial charge in [-0.15, -0.1) is 0 Å². The summed E-state index contributed by atoms with van der Waals surface area (Å²) in [5.74, 6) is -3.23. The van der Waals surface area contributed by atoms with E-state index in [1.165, 1.54) is 17.0 Å². The molecule has 0 unspecified atom stereocenters. The number of likely N-dealkylation sites (tertiary alicyclic amines) is 1. The molecule has 4 rings (SSSR count). The quantitative estimate of drug-likeness (QED) is 0.681. The van der Waals surface area contributed by atoms with Crippen LogP contribution < -0.4 is 0 Å². The van der Waals surface area contributed by atoms with Crippen LogP contribution in [0.1, 0.15) is 59.0 Å². The number of amides is 3. The first kappa shape index (κ1) is 21.6. The fourth-order valence-electron chi connectivity index (χ4n) is 4.64. The van der Waals surface area contributed by atoms with Gasteiger partial charge < -0.3 is 4.90 Å². The summed E-state index contributed by atoms with van der Waals surface area (Å²) < 4.78 is 27.8. The first-order valence-corrected chi connectivity index (χ1v) is 10.3. The van der Waals surface area contributed by atoms with Gasteiger partial charge in [-0.1, -0.05) is 12.1 Å². The molecule has 0 saturated carbocycles. The van der Waals surface area contributed by atoms with Gasteiger partial charge in [0, 0.05) is 6.07 Å². The molecule has 164 valence electrons. The molecule has 2 aliphatic rings. The summed E-state index contributed by atoms with van der Waals surface area (Å²) in [4.78, 5) is 41.2. The van der Waals surface area contributed by atoms with Gasteiger partial charge in [-0.2, -0.15) is 5.26 Å². The number of hydrogen-bond acceptors (Lipinski definition) is 4. The third-order valence-electron chi connectivity index (χ3n) is 6.24. The van der Waals surface area contributed by atoms with Crippen molar-refractivity contribution >= 4 is 17.7 Å². The number of nitrogens with zero attached hydrogens (tertiary/aromatic N) is 3. The molecular weight excluding hydrogens is 416 g/mol. The van der Waals surface area contributed by atoms with Crippen molar-refractivity contribution in [3.8, 4) is 6.07 Å². The van der Waals surface area contributed by atoms with Crippen molar-refractivity contribution < 1.29 is 23.2 Å². The van der Waals surface area contributed by atoms with Gasteiger partial charge in [-0.25, -0.2) is 8.78 Å². The van der Waals surface area contributed by atoms with E-state index in [2.05, 4.69) is 6.07 Å². The molecule has 3 amide bonds. The van der Waals surface area contributed by atoms with Crippen LogP contribution in [-0.2, 0) is 4.79 Å². The Morgan fingerprint density at radius 1 is 1.06 bits per heavy atom. The van der Waals surface area contributed by atoms with Crippen molar-refractivity contribution in [2.24, 2.45) is 5.41 Å². The van der Waals surface area contributed by atoms with Crippen LogP contribution in [0.3, 0.4) is 0 Å². The van der Waals surface area contributed by atoms with Crippen molar-refractivity contribution in [1.82, 2.24) is 9.80 Å². The van der Waals surface area contributed by atoms with Gasteiger partial charge in [0.15, 0.2) is 0 Å². The van der Waals surface area contributed by atoms with Gasteiger partial charge in [0.05, 0.1) is 34.7 Å². The van der Waals surface area contributed by atoms with Gasteiger partial charge in [-0.3, -0.25) is 19.3 Å². The molecule has 32 heavy (non-hydrogen) atoms. The average molecular weight is 437 g/mol. The summed E-state index contributed by atoms with van der Waals surface area (Å²) in [7, 11) is 0. The van der Waals surface area contributed by atoms with Gasteiger partial charge >= 0.3 is 0 Å². The predicted molar refractivity (Wildman–Crippen MR) is 110 cm³/mol. The number of carbonyl (C=O) groups excluding carboxylic acids is 3. The second kappa shape index (κ2) is 7.83. The molecule has 1 fully saturated rings. The van der Waals surface area contributed by atoms with Crippen LogP contribution >= 0.6 is 0 Å². The molecule has 0 radical (unpaired) electrons. The van der Waals surface area contributed by atoms with E-state index in [0.29, 0.717) is 12.8 Å². The summed E-state index contributed by atoms with van der Waals surface area (Å²) >= 11 is 0. The molecule has 0 aliphatic carbocycles. The third-order valence-corrected chi connectivity index (χ3v) is 6.24. The van der Waals surface area contributed by atoms with Crippen LogP contribution in [0.4, 0.5) is 8.78 Å². The fourth-order valence-corrected chi connectivity index (χ4v) is 4.64. The average Bonchev–Trinajstić information content (AvgIpc) is 3.30. The molecule has 2 atom stereocenters. The Hall–Kier alpha value is -3.60. The highest BCUT2D eigenvalue weighted by Gasteiger charge is 2.47. The van der Waals surface area contributed by atoms with E-state index in [-0.39, 0.29) is 16.7 Å². The maximum absolute atomic E-state index is 13.9. The van der Waals surface area contributed by atoms with Crippen LogP contribution in [0.5, 0.6) is 0 Å². The van der Waals surface area contributed by atoms with Crippen LogP contribution in [0.25, 0.3) is 0 Å². The zero-order valence-corrected chi connectivity index (χ0v) is 17.6. The lowest BCUT2D eigenvalue weighted by Crippen LogP contribution is -2.49. The summed E-state index contributed by atoms with van der Waals surface area (Å²) in [5, 5.41) is 9.66. The van der Waals surface area contributed by atoms with Crippen LogP contribution in [0.15, 0.2) is 42.5 Å².